The number of amides is 2. The van der Waals surface area contributed by atoms with E-state index >= 15 is 0 Å². The first-order valence-corrected chi connectivity index (χ1v) is 9.87. The Balaban J connectivity index is 1.54. The minimum Gasteiger partial charge on any atom is -0.497 e. The smallest absolute Gasteiger partial charge is 0.227 e. The number of hydrogen-bond donors (Lipinski definition) is 1. The number of rotatable bonds is 6. The van der Waals surface area contributed by atoms with E-state index in [0.29, 0.717) is 49.5 Å². The molecule has 1 aliphatic rings. The van der Waals surface area contributed by atoms with Crippen LogP contribution in [0.3, 0.4) is 0 Å². The fraction of sp³-hybridized carbons (Fsp3) is 0.391. The number of methoxy groups -OCH3 is 2. The molecule has 2 aromatic rings. The van der Waals surface area contributed by atoms with Gasteiger partial charge in [-0.05, 0) is 43.0 Å². The Morgan fingerprint density at radius 2 is 1.79 bits per heavy atom. The van der Waals surface area contributed by atoms with Gasteiger partial charge in [-0.1, -0.05) is 24.3 Å². The van der Waals surface area contributed by atoms with Gasteiger partial charge in [0.05, 0.1) is 26.3 Å². The summed E-state index contributed by atoms with van der Waals surface area (Å²) in [7, 11) is 3.14. The molecule has 154 valence electrons. The third-order valence-corrected chi connectivity index (χ3v) is 5.49. The predicted molar refractivity (Wildman–Crippen MR) is 112 cm³/mol. The van der Waals surface area contributed by atoms with Gasteiger partial charge in [0.25, 0.3) is 0 Å². The topological polar surface area (TPSA) is 67.9 Å². The Morgan fingerprint density at radius 3 is 2.45 bits per heavy atom. The Labute approximate surface area is 171 Å². The summed E-state index contributed by atoms with van der Waals surface area (Å²) in [6, 6.07) is 13.2. The van der Waals surface area contributed by atoms with E-state index in [2.05, 4.69) is 5.32 Å². The quantitative estimate of drug-likeness (QED) is 0.812. The fourth-order valence-electron chi connectivity index (χ4n) is 3.61. The minimum atomic E-state index is -0.121. The zero-order chi connectivity index (χ0) is 20.8. The van der Waals surface area contributed by atoms with Crippen molar-refractivity contribution >= 4 is 17.5 Å². The average molecular weight is 396 g/mol. The molecule has 6 nitrogen and oxygen atoms in total. The van der Waals surface area contributed by atoms with Gasteiger partial charge < -0.3 is 19.7 Å². The van der Waals surface area contributed by atoms with E-state index in [0.717, 1.165) is 11.1 Å². The van der Waals surface area contributed by atoms with E-state index < -0.39 is 0 Å². The molecule has 1 aliphatic heterocycles. The zero-order valence-corrected chi connectivity index (χ0v) is 17.2. The van der Waals surface area contributed by atoms with Crippen molar-refractivity contribution in [1.29, 1.82) is 0 Å². The lowest BCUT2D eigenvalue weighted by Gasteiger charge is -2.31. The van der Waals surface area contributed by atoms with Crippen LogP contribution in [-0.2, 0) is 16.0 Å². The molecular formula is C23H28N2O4. The lowest BCUT2D eigenvalue weighted by molar-refractivity contribution is -0.133. The maximum atomic E-state index is 12.7. The molecule has 0 radical (unpaired) electrons. The zero-order valence-electron chi connectivity index (χ0n) is 17.2. The Morgan fingerprint density at radius 1 is 1.07 bits per heavy atom. The number of aryl methyl sites for hydroxylation is 1. The number of ether oxygens (including phenoxy) is 2. The molecule has 0 aromatic heterocycles. The van der Waals surface area contributed by atoms with Crippen LogP contribution in [-0.4, -0.2) is 44.0 Å². The number of carbonyl (C=O) groups is 2. The molecule has 0 spiro atoms. The number of piperidine rings is 1. The number of nitrogens with zero attached hydrogens (tertiary/aromatic N) is 1. The van der Waals surface area contributed by atoms with Crippen LogP contribution in [0, 0.1) is 12.8 Å². The summed E-state index contributed by atoms with van der Waals surface area (Å²) in [6.45, 7) is 3.22. The first-order valence-electron chi connectivity index (χ1n) is 9.87. The van der Waals surface area contributed by atoms with E-state index in [9.17, 15) is 9.59 Å². The van der Waals surface area contributed by atoms with Gasteiger partial charge in [0.1, 0.15) is 11.5 Å². The molecule has 0 aliphatic carbocycles. The van der Waals surface area contributed by atoms with Crippen LogP contribution in [0.4, 0.5) is 5.69 Å². The first-order chi connectivity index (χ1) is 14.0. The SMILES string of the molecule is COc1ccc(NC(=O)C2CCN(C(=O)Cc3ccccc3C)CC2)c(OC)c1. The average Bonchev–Trinajstić information content (AvgIpc) is 2.75. The van der Waals surface area contributed by atoms with Crippen molar-refractivity contribution in [3.05, 3.63) is 53.6 Å². The van der Waals surface area contributed by atoms with Crippen molar-refractivity contribution in [3.8, 4) is 11.5 Å². The van der Waals surface area contributed by atoms with Gasteiger partial charge in [0.2, 0.25) is 11.8 Å². The van der Waals surface area contributed by atoms with Crippen LogP contribution in [0.1, 0.15) is 24.0 Å². The van der Waals surface area contributed by atoms with Crippen molar-refractivity contribution in [1.82, 2.24) is 4.90 Å². The summed E-state index contributed by atoms with van der Waals surface area (Å²) in [6.07, 6.45) is 1.72. The van der Waals surface area contributed by atoms with E-state index in [4.69, 9.17) is 9.47 Å². The molecule has 29 heavy (non-hydrogen) atoms. The number of nitrogens with one attached hydrogen (secondary N) is 1. The van der Waals surface area contributed by atoms with Crippen molar-refractivity contribution in [3.63, 3.8) is 0 Å². The summed E-state index contributed by atoms with van der Waals surface area (Å²) in [5.41, 5.74) is 2.81. The highest BCUT2D eigenvalue weighted by atomic mass is 16.5. The fourth-order valence-corrected chi connectivity index (χ4v) is 3.61. The van der Waals surface area contributed by atoms with E-state index in [1.165, 1.54) is 0 Å². The highest BCUT2D eigenvalue weighted by Gasteiger charge is 2.28. The minimum absolute atomic E-state index is 0.0422. The molecule has 0 bridgehead atoms. The Hall–Kier alpha value is -3.02. The van der Waals surface area contributed by atoms with Crippen molar-refractivity contribution in [2.45, 2.75) is 26.2 Å². The molecule has 2 aromatic carbocycles. The molecule has 6 heteroatoms. The number of hydrogen-bond acceptors (Lipinski definition) is 4. The van der Waals surface area contributed by atoms with Crippen LogP contribution in [0.2, 0.25) is 0 Å². The van der Waals surface area contributed by atoms with Crippen LogP contribution in [0.25, 0.3) is 0 Å². The van der Waals surface area contributed by atoms with Gasteiger partial charge in [-0.3, -0.25) is 9.59 Å². The normalized spacial score (nSPS) is 14.4. The second-order valence-electron chi connectivity index (χ2n) is 7.31. The molecule has 0 unspecified atom stereocenters. The van der Waals surface area contributed by atoms with Crippen molar-refractivity contribution < 1.29 is 19.1 Å². The summed E-state index contributed by atoms with van der Waals surface area (Å²) < 4.78 is 10.5. The van der Waals surface area contributed by atoms with Crippen LogP contribution >= 0.6 is 0 Å². The molecule has 1 saturated heterocycles. The maximum absolute atomic E-state index is 12.7. The van der Waals surface area contributed by atoms with Gasteiger partial charge in [-0.15, -0.1) is 0 Å². The Kier molecular flexibility index (Phi) is 6.75. The molecule has 1 fully saturated rings. The van der Waals surface area contributed by atoms with Gasteiger partial charge in [-0.2, -0.15) is 0 Å². The summed E-state index contributed by atoms with van der Waals surface area (Å²) in [4.78, 5) is 27.2. The van der Waals surface area contributed by atoms with Gasteiger partial charge in [0.15, 0.2) is 0 Å². The summed E-state index contributed by atoms with van der Waals surface area (Å²) in [5, 5.41) is 2.95. The second kappa shape index (κ2) is 9.45. The van der Waals surface area contributed by atoms with E-state index in [1.807, 2.05) is 36.1 Å². The predicted octanol–water partition coefficient (Wildman–Crippen LogP) is 3.43. The monoisotopic (exact) mass is 396 g/mol. The number of anilines is 1. The largest absolute Gasteiger partial charge is 0.497 e. The summed E-state index contributed by atoms with van der Waals surface area (Å²) >= 11 is 0. The van der Waals surface area contributed by atoms with Gasteiger partial charge in [-0.25, -0.2) is 0 Å². The van der Waals surface area contributed by atoms with Gasteiger partial charge >= 0.3 is 0 Å². The summed E-state index contributed by atoms with van der Waals surface area (Å²) in [5.74, 6) is 1.18. The first kappa shape index (κ1) is 20.7. The van der Waals surface area contributed by atoms with Crippen LogP contribution < -0.4 is 14.8 Å². The number of carbonyl (C=O) groups excluding carboxylic acids is 2. The van der Waals surface area contributed by atoms with E-state index in [-0.39, 0.29) is 17.7 Å². The number of benzene rings is 2. The highest BCUT2D eigenvalue weighted by Crippen LogP contribution is 2.30. The molecule has 1 N–H and O–H groups in total. The highest BCUT2D eigenvalue weighted by molar-refractivity contribution is 5.94. The third-order valence-electron chi connectivity index (χ3n) is 5.49. The van der Waals surface area contributed by atoms with Crippen LogP contribution in [0.15, 0.2) is 42.5 Å². The van der Waals surface area contributed by atoms with Crippen LogP contribution in [0.5, 0.6) is 11.5 Å². The third kappa shape index (κ3) is 5.08. The molecule has 0 saturated carbocycles. The second-order valence-corrected chi connectivity index (χ2v) is 7.31. The lowest BCUT2D eigenvalue weighted by atomic mass is 9.95. The van der Waals surface area contributed by atoms with Crippen molar-refractivity contribution in [2.75, 3.05) is 32.6 Å². The Bertz CT molecular complexity index is 873. The van der Waals surface area contributed by atoms with Crippen molar-refractivity contribution in [2.24, 2.45) is 5.92 Å². The molecule has 1 heterocycles. The molecular weight excluding hydrogens is 368 g/mol. The maximum Gasteiger partial charge on any atom is 0.227 e. The van der Waals surface area contributed by atoms with Gasteiger partial charge in [0, 0.05) is 25.1 Å². The molecule has 0 atom stereocenters. The lowest BCUT2D eigenvalue weighted by Crippen LogP contribution is -2.42. The number of likely N-dealkylation sites (tertiary alicyclic amines) is 1. The molecule has 3 rings (SSSR count). The standard InChI is InChI=1S/C23H28N2O4/c1-16-6-4-5-7-18(16)14-22(26)25-12-10-17(11-13-25)23(27)24-20-9-8-19(28-2)15-21(20)29-3/h4-9,15,17H,10-14H2,1-3H3,(H,24,27). The molecule has 2 amide bonds. The van der Waals surface area contributed by atoms with E-state index in [1.54, 1.807) is 32.4 Å².